The molecule has 1 amide bonds. The number of carboxylic acids is 1. The predicted molar refractivity (Wildman–Crippen MR) is 164 cm³/mol. The van der Waals surface area contributed by atoms with E-state index in [4.69, 9.17) is 31.5 Å². The van der Waals surface area contributed by atoms with E-state index in [0.717, 1.165) is 0 Å². The quantitative estimate of drug-likeness (QED) is 0.308. The third-order valence-electron chi connectivity index (χ3n) is 7.31. The molecule has 1 aliphatic rings. The van der Waals surface area contributed by atoms with E-state index in [1.165, 1.54) is 14.2 Å². The number of halogens is 1. The molecule has 0 saturated heterocycles. The fourth-order valence-electron chi connectivity index (χ4n) is 5.33. The van der Waals surface area contributed by atoms with Gasteiger partial charge in [-0.25, -0.2) is 4.79 Å². The monoisotopic (exact) mass is 608 g/mol. The highest BCUT2D eigenvalue weighted by Crippen LogP contribution is 2.45. The first kappa shape index (κ1) is 32.0. The zero-order chi connectivity index (χ0) is 31.5. The molecule has 3 aromatic carbocycles. The Bertz CT molecular complexity index is 1500. The molecule has 0 saturated carbocycles. The van der Waals surface area contributed by atoms with Crippen LogP contribution in [0, 0.1) is 5.41 Å². The first-order chi connectivity index (χ1) is 20.3. The molecule has 3 N–H and O–H groups in total. The van der Waals surface area contributed by atoms with Crippen molar-refractivity contribution >= 4 is 34.9 Å². The first-order valence-corrected chi connectivity index (χ1v) is 14.2. The molecule has 4 rings (SSSR count). The smallest absolute Gasteiger partial charge is 0.328 e. The minimum atomic E-state index is -1.98. The van der Waals surface area contributed by atoms with Crippen molar-refractivity contribution < 1.29 is 33.7 Å². The second-order valence-corrected chi connectivity index (χ2v) is 12.3. The number of nitrogens with zero attached hydrogens (tertiary/aromatic N) is 1. The Balaban J connectivity index is 1.82. The number of Topliss-reactive ketones (excluding diaryl/α,β-unsaturated/α-hetero) is 1. The highest BCUT2D eigenvalue weighted by atomic mass is 35.5. The van der Waals surface area contributed by atoms with Gasteiger partial charge in [-0.1, -0.05) is 74.8 Å². The van der Waals surface area contributed by atoms with Gasteiger partial charge in [0.25, 0.3) is 5.91 Å². The van der Waals surface area contributed by atoms with Crippen LogP contribution in [0.5, 0.6) is 11.5 Å². The topological polar surface area (TPSA) is 128 Å². The van der Waals surface area contributed by atoms with Gasteiger partial charge in [-0.15, -0.1) is 0 Å². The van der Waals surface area contributed by atoms with E-state index >= 15 is 0 Å². The zero-order valence-corrected chi connectivity index (χ0v) is 25.7. The van der Waals surface area contributed by atoms with Crippen LogP contribution >= 0.6 is 11.6 Å². The van der Waals surface area contributed by atoms with Crippen LogP contribution in [0.25, 0.3) is 0 Å². The molecule has 0 spiro atoms. The largest absolute Gasteiger partial charge is 0.493 e. The third kappa shape index (κ3) is 6.85. The highest BCUT2D eigenvalue weighted by Gasteiger charge is 2.43. The molecule has 0 radical (unpaired) electrons. The van der Waals surface area contributed by atoms with Gasteiger partial charge >= 0.3 is 5.97 Å². The molecule has 0 aromatic heterocycles. The van der Waals surface area contributed by atoms with Gasteiger partial charge in [-0.2, -0.15) is 0 Å². The van der Waals surface area contributed by atoms with Crippen molar-refractivity contribution in [3.8, 4) is 11.5 Å². The number of ether oxygens (including phenoxy) is 3. The molecule has 1 aliphatic heterocycles. The molecule has 3 atom stereocenters. The van der Waals surface area contributed by atoms with Crippen molar-refractivity contribution in [2.45, 2.75) is 51.4 Å². The number of rotatable bonds is 10. The summed E-state index contributed by atoms with van der Waals surface area (Å²) in [4.78, 5) is 41.7. The lowest BCUT2D eigenvalue weighted by molar-refractivity contribution is -0.147. The van der Waals surface area contributed by atoms with Crippen LogP contribution in [0.15, 0.2) is 66.7 Å². The van der Waals surface area contributed by atoms with E-state index in [9.17, 15) is 19.5 Å². The summed E-state index contributed by atoms with van der Waals surface area (Å²) in [5, 5.41) is 10.5. The summed E-state index contributed by atoms with van der Waals surface area (Å²) in [6, 6.07) is 18.7. The molecule has 0 bridgehead atoms. The van der Waals surface area contributed by atoms with E-state index in [1.807, 2.05) is 20.8 Å². The van der Waals surface area contributed by atoms with Crippen LogP contribution in [0.3, 0.4) is 0 Å². The van der Waals surface area contributed by atoms with Gasteiger partial charge in [-0.3, -0.25) is 9.59 Å². The fraction of sp³-hybridized carbons (Fsp3) is 0.364. The number of amides is 1. The van der Waals surface area contributed by atoms with E-state index in [2.05, 4.69) is 0 Å². The van der Waals surface area contributed by atoms with Gasteiger partial charge < -0.3 is 30.0 Å². The Morgan fingerprint density at radius 1 is 1.00 bits per heavy atom. The number of carbonyl (C=O) groups excluding carboxylic acids is 2. The second-order valence-electron chi connectivity index (χ2n) is 11.8. The second kappa shape index (κ2) is 12.8. The maximum atomic E-state index is 14.2. The van der Waals surface area contributed by atoms with Gasteiger partial charge in [0.15, 0.2) is 11.5 Å². The Morgan fingerprint density at radius 3 is 2.30 bits per heavy atom. The summed E-state index contributed by atoms with van der Waals surface area (Å²) in [5.41, 5.74) is 6.04. The molecule has 1 heterocycles. The van der Waals surface area contributed by atoms with Crippen molar-refractivity contribution in [1.82, 2.24) is 0 Å². The van der Waals surface area contributed by atoms with Crippen LogP contribution < -0.4 is 20.1 Å². The fourth-order valence-corrected chi connectivity index (χ4v) is 5.51. The SMILES string of the molecule is COc1cccc([C@H]2O[C@H](CC(=O)CC(N)(C(=O)O)c3ccccc3)C(=O)N(CC(C)(C)C)c3ccc(Cl)cc32)c1OC. The Labute approximate surface area is 256 Å². The Hall–Kier alpha value is -3.92. The van der Waals surface area contributed by atoms with Gasteiger partial charge in [0.2, 0.25) is 0 Å². The minimum Gasteiger partial charge on any atom is -0.493 e. The summed E-state index contributed by atoms with van der Waals surface area (Å²) in [5.74, 6) is -1.47. The minimum absolute atomic E-state index is 0.277. The van der Waals surface area contributed by atoms with Crippen LogP contribution in [0.4, 0.5) is 5.69 Å². The van der Waals surface area contributed by atoms with Crippen molar-refractivity contribution in [2.75, 3.05) is 25.7 Å². The number of benzene rings is 3. The predicted octanol–water partition coefficient (Wildman–Crippen LogP) is 5.51. The van der Waals surface area contributed by atoms with Gasteiger partial charge in [0, 0.05) is 41.2 Å². The number of ketones is 1. The molecule has 3 aromatic rings. The third-order valence-corrected chi connectivity index (χ3v) is 7.55. The number of carbonyl (C=O) groups is 3. The number of anilines is 1. The van der Waals surface area contributed by atoms with Crippen molar-refractivity contribution in [3.05, 3.63) is 88.4 Å². The summed E-state index contributed by atoms with van der Waals surface area (Å²) >= 11 is 6.47. The molecule has 9 nitrogen and oxygen atoms in total. The standard InChI is InChI=1S/C33H37ClN2O7/c1-32(2,3)19-36-25-15-14-21(34)16-24(25)28(23-12-9-13-26(41-4)29(23)42-5)43-27(30(36)38)17-22(37)18-33(35,31(39)40)20-10-7-6-8-11-20/h6-16,27-28H,17-19,35H2,1-5H3,(H,39,40)/t27-,28-,33?/m1/s1. The zero-order valence-electron chi connectivity index (χ0n) is 24.9. The Kier molecular flexibility index (Phi) is 9.49. The van der Waals surface area contributed by atoms with Crippen molar-refractivity contribution in [2.24, 2.45) is 11.1 Å². The summed E-state index contributed by atoms with van der Waals surface area (Å²) < 4.78 is 17.8. The number of methoxy groups -OCH3 is 2. The van der Waals surface area contributed by atoms with E-state index in [0.29, 0.717) is 39.9 Å². The van der Waals surface area contributed by atoms with E-state index in [1.54, 1.807) is 71.6 Å². The maximum absolute atomic E-state index is 14.2. The summed E-state index contributed by atoms with van der Waals surface area (Å²) in [6.45, 7) is 6.32. The molecule has 0 fully saturated rings. The maximum Gasteiger partial charge on any atom is 0.328 e. The number of fused-ring (bicyclic) bond motifs is 1. The number of hydrogen-bond donors (Lipinski definition) is 2. The van der Waals surface area contributed by atoms with Crippen molar-refractivity contribution in [3.63, 3.8) is 0 Å². The number of carboxylic acid groups (broad SMARTS) is 1. The highest BCUT2D eigenvalue weighted by molar-refractivity contribution is 6.30. The summed E-state index contributed by atoms with van der Waals surface area (Å²) in [6.07, 6.45) is -3.09. The number of hydrogen-bond acceptors (Lipinski definition) is 7. The first-order valence-electron chi connectivity index (χ1n) is 13.9. The Morgan fingerprint density at radius 2 is 1.70 bits per heavy atom. The number of nitrogens with two attached hydrogens (primary N) is 1. The molecular formula is C33H37ClN2O7. The average molecular weight is 609 g/mol. The molecular weight excluding hydrogens is 572 g/mol. The van der Waals surface area contributed by atoms with E-state index < -0.39 is 48.2 Å². The van der Waals surface area contributed by atoms with E-state index in [-0.39, 0.29) is 11.0 Å². The lowest BCUT2D eigenvalue weighted by atomic mass is 9.85. The summed E-state index contributed by atoms with van der Waals surface area (Å²) in [7, 11) is 3.02. The molecule has 10 heteroatoms. The van der Waals surface area contributed by atoms with Gasteiger partial charge in [0.05, 0.1) is 14.2 Å². The van der Waals surface area contributed by atoms with Crippen LogP contribution in [-0.4, -0.2) is 49.6 Å². The van der Waals surface area contributed by atoms with Crippen LogP contribution in [0.2, 0.25) is 5.02 Å². The molecule has 43 heavy (non-hydrogen) atoms. The normalized spacial score (nSPS) is 18.3. The average Bonchev–Trinajstić information content (AvgIpc) is 3.06. The lowest BCUT2D eigenvalue weighted by Crippen LogP contribution is -2.48. The van der Waals surface area contributed by atoms with Gasteiger partial charge in [-0.05, 0) is 35.2 Å². The number of para-hydroxylation sites is 1. The van der Waals surface area contributed by atoms with Gasteiger partial charge in [0.1, 0.15) is 23.5 Å². The van der Waals surface area contributed by atoms with Crippen LogP contribution in [-0.2, 0) is 24.7 Å². The van der Waals surface area contributed by atoms with Crippen molar-refractivity contribution in [1.29, 1.82) is 0 Å². The lowest BCUT2D eigenvalue weighted by Gasteiger charge is -2.31. The molecule has 228 valence electrons. The number of aliphatic carboxylic acids is 1. The van der Waals surface area contributed by atoms with Crippen LogP contribution in [0.1, 0.15) is 56.4 Å². The molecule has 1 unspecified atom stereocenters. The molecule has 0 aliphatic carbocycles.